The summed E-state index contributed by atoms with van der Waals surface area (Å²) in [5.41, 5.74) is 1.96. The molecule has 26 heavy (non-hydrogen) atoms. The van der Waals surface area contributed by atoms with Crippen LogP contribution in [-0.4, -0.2) is 62.2 Å². The smallest absolute Gasteiger partial charge is 0.288 e. The maximum absolute atomic E-state index is 12.7. The highest BCUT2D eigenvalue weighted by molar-refractivity contribution is 8.15. The summed E-state index contributed by atoms with van der Waals surface area (Å²) in [5, 5.41) is 0.202. The maximum Gasteiger partial charge on any atom is 0.288 e. The molecule has 0 spiro atoms. The van der Waals surface area contributed by atoms with E-state index in [-0.39, 0.29) is 29.4 Å². The summed E-state index contributed by atoms with van der Waals surface area (Å²) in [6.07, 6.45) is 3.77. The minimum absolute atomic E-state index is 0.0575. The number of amides is 3. The number of likely N-dealkylation sites (tertiary alicyclic amines) is 1. The van der Waals surface area contributed by atoms with E-state index in [0.717, 1.165) is 46.2 Å². The summed E-state index contributed by atoms with van der Waals surface area (Å²) < 4.78 is 0. The molecule has 2 aliphatic heterocycles. The molecule has 0 aliphatic carbocycles. The van der Waals surface area contributed by atoms with Crippen LogP contribution in [0.1, 0.15) is 30.9 Å². The monoisotopic (exact) mass is 372 g/mol. The van der Waals surface area contributed by atoms with Crippen molar-refractivity contribution in [2.75, 3.05) is 20.1 Å². The Labute approximate surface area is 155 Å². The number of imide groups is 1. The van der Waals surface area contributed by atoms with Gasteiger partial charge in [-0.05, 0) is 31.0 Å². The van der Waals surface area contributed by atoms with E-state index in [2.05, 4.69) is 16.0 Å². The van der Waals surface area contributed by atoms with Gasteiger partial charge in [0, 0.05) is 49.8 Å². The van der Waals surface area contributed by atoms with Crippen LogP contribution in [0.3, 0.4) is 0 Å². The Kier molecular flexibility index (Phi) is 4.44. The molecular weight excluding hydrogens is 352 g/mol. The molecule has 0 radical (unpaired) electrons. The molecule has 2 aromatic rings. The molecule has 7 nitrogen and oxygen atoms in total. The fraction of sp³-hybridized carbons (Fsp3) is 0.444. The lowest BCUT2D eigenvalue weighted by molar-refractivity contribution is -0.135. The van der Waals surface area contributed by atoms with Crippen LogP contribution >= 0.6 is 11.8 Å². The summed E-state index contributed by atoms with van der Waals surface area (Å²) in [6, 6.07) is 6.03. The number of hydrogen-bond acceptors (Lipinski definition) is 5. The molecule has 2 aliphatic rings. The van der Waals surface area contributed by atoms with Crippen LogP contribution < -0.4 is 0 Å². The third-order valence-corrected chi connectivity index (χ3v) is 6.24. The number of piperidine rings is 1. The first-order valence-corrected chi connectivity index (χ1v) is 9.60. The maximum atomic E-state index is 12.7. The van der Waals surface area contributed by atoms with Gasteiger partial charge in [0.05, 0.1) is 0 Å². The lowest BCUT2D eigenvalue weighted by atomic mass is 9.94. The van der Waals surface area contributed by atoms with Gasteiger partial charge in [-0.1, -0.05) is 11.8 Å². The zero-order valence-electron chi connectivity index (χ0n) is 14.5. The highest BCUT2D eigenvalue weighted by Gasteiger charge is 2.39. The van der Waals surface area contributed by atoms with Gasteiger partial charge in [-0.3, -0.25) is 19.3 Å². The Bertz CT molecular complexity index is 847. The molecule has 0 aromatic carbocycles. The molecule has 2 atom stereocenters. The second kappa shape index (κ2) is 6.75. The topological polar surface area (TPSA) is 86.4 Å². The standard InChI is InChI=1S/C18H20N4O3S/c1-21-17(24)14(26-18(21)25)9-15(23)22-7-3-5-12(10-22)13-8-11-4-2-6-19-16(11)20-13/h2,4,6,8,12,14H,3,5,7,9-10H2,1H3,(H,19,20). The first-order valence-electron chi connectivity index (χ1n) is 8.72. The van der Waals surface area contributed by atoms with Crippen molar-refractivity contribution >= 4 is 39.8 Å². The first-order chi connectivity index (χ1) is 12.5. The van der Waals surface area contributed by atoms with E-state index in [1.54, 1.807) is 6.20 Å². The van der Waals surface area contributed by atoms with Crippen molar-refractivity contribution < 1.29 is 14.4 Å². The molecule has 2 fully saturated rings. The molecule has 2 aromatic heterocycles. The molecule has 0 bridgehead atoms. The number of H-pyrrole nitrogens is 1. The van der Waals surface area contributed by atoms with Gasteiger partial charge in [-0.15, -0.1) is 0 Å². The summed E-state index contributed by atoms with van der Waals surface area (Å²) >= 11 is 0.950. The number of carbonyl (C=O) groups is 3. The van der Waals surface area contributed by atoms with Crippen LogP contribution in [0.25, 0.3) is 11.0 Å². The Balaban J connectivity index is 1.44. The van der Waals surface area contributed by atoms with E-state index in [9.17, 15) is 14.4 Å². The van der Waals surface area contributed by atoms with Crippen molar-refractivity contribution in [3.05, 3.63) is 30.1 Å². The van der Waals surface area contributed by atoms with E-state index in [1.165, 1.54) is 7.05 Å². The van der Waals surface area contributed by atoms with Crippen LogP contribution in [0.15, 0.2) is 24.4 Å². The Morgan fingerprint density at radius 1 is 1.42 bits per heavy atom. The van der Waals surface area contributed by atoms with Gasteiger partial charge in [0.15, 0.2) is 0 Å². The van der Waals surface area contributed by atoms with Crippen molar-refractivity contribution in [1.29, 1.82) is 0 Å². The molecule has 0 saturated carbocycles. The molecule has 136 valence electrons. The number of fused-ring (bicyclic) bond motifs is 1. The van der Waals surface area contributed by atoms with Crippen LogP contribution in [0.4, 0.5) is 4.79 Å². The van der Waals surface area contributed by atoms with Crippen molar-refractivity contribution in [3.63, 3.8) is 0 Å². The van der Waals surface area contributed by atoms with E-state index in [0.29, 0.717) is 13.1 Å². The number of rotatable bonds is 3. The van der Waals surface area contributed by atoms with Crippen LogP contribution in [0, 0.1) is 0 Å². The SMILES string of the molecule is CN1C(=O)SC(CC(=O)N2CCCC(c3cc4cccnc4[nH]3)C2)C1=O. The summed E-state index contributed by atoms with van der Waals surface area (Å²) in [4.78, 5) is 46.9. The van der Waals surface area contributed by atoms with Gasteiger partial charge in [0.25, 0.3) is 5.24 Å². The number of thioether (sulfide) groups is 1. The average Bonchev–Trinajstić information content (AvgIpc) is 3.19. The minimum atomic E-state index is -0.586. The lowest BCUT2D eigenvalue weighted by Gasteiger charge is -2.32. The third kappa shape index (κ3) is 3.09. The van der Waals surface area contributed by atoms with E-state index in [4.69, 9.17) is 0 Å². The number of nitrogens with zero attached hydrogens (tertiary/aromatic N) is 3. The van der Waals surface area contributed by atoms with Crippen LogP contribution in [0.5, 0.6) is 0 Å². The van der Waals surface area contributed by atoms with Gasteiger partial charge < -0.3 is 9.88 Å². The lowest BCUT2D eigenvalue weighted by Crippen LogP contribution is -2.41. The fourth-order valence-corrected chi connectivity index (χ4v) is 4.61. The van der Waals surface area contributed by atoms with E-state index < -0.39 is 5.25 Å². The zero-order valence-corrected chi connectivity index (χ0v) is 15.3. The Morgan fingerprint density at radius 2 is 2.27 bits per heavy atom. The highest BCUT2D eigenvalue weighted by atomic mass is 32.2. The summed E-state index contributed by atoms with van der Waals surface area (Å²) in [5.74, 6) is -0.0976. The van der Waals surface area contributed by atoms with Gasteiger partial charge in [0.1, 0.15) is 10.9 Å². The molecule has 1 N–H and O–H groups in total. The summed E-state index contributed by atoms with van der Waals surface area (Å²) in [6.45, 7) is 1.32. The van der Waals surface area contributed by atoms with Gasteiger partial charge in [0.2, 0.25) is 11.8 Å². The first kappa shape index (κ1) is 17.1. The molecular formula is C18H20N4O3S. The van der Waals surface area contributed by atoms with Crippen LogP contribution in [-0.2, 0) is 9.59 Å². The number of aromatic nitrogens is 2. The Hall–Kier alpha value is -2.35. The number of hydrogen-bond donors (Lipinski definition) is 1. The zero-order chi connectivity index (χ0) is 18.3. The molecule has 2 saturated heterocycles. The minimum Gasteiger partial charge on any atom is -0.343 e. The predicted octanol–water partition coefficient (Wildman–Crippen LogP) is 2.35. The Morgan fingerprint density at radius 3 is 3.00 bits per heavy atom. The number of nitrogens with one attached hydrogen (secondary N) is 1. The quantitative estimate of drug-likeness (QED) is 0.894. The second-order valence-electron chi connectivity index (χ2n) is 6.82. The number of pyridine rings is 1. The summed E-state index contributed by atoms with van der Waals surface area (Å²) in [7, 11) is 1.46. The van der Waals surface area contributed by atoms with Gasteiger partial charge in [-0.2, -0.15) is 0 Å². The normalized spacial score (nSPS) is 23.9. The van der Waals surface area contributed by atoms with Gasteiger partial charge in [-0.25, -0.2) is 4.98 Å². The van der Waals surface area contributed by atoms with Crippen LogP contribution in [0.2, 0.25) is 0 Å². The molecule has 4 heterocycles. The van der Waals surface area contributed by atoms with E-state index >= 15 is 0 Å². The fourth-order valence-electron chi connectivity index (χ4n) is 3.63. The largest absolute Gasteiger partial charge is 0.343 e. The van der Waals surface area contributed by atoms with Gasteiger partial charge >= 0.3 is 0 Å². The average molecular weight is 372 g/mol. The molecule has 8 heteroatoms. The molecule has 2 unspecified atom stereocenters. The second-order valence-corrected chi connectivity index (χ2v) is 7.97. The van der Waals surface area contributed by atoms with E-state index in [1.807, 2.05) is 17.0 Å². The predicted molar refractivity (Wildman–Crippen MR) is 98.8 cm³/mol. The van der Waals surface area contributed by atoms with Crippen molar-refractivity contribution in [2.45, 2.75) is 30.4 Å². The van der Waals surface area contributed by atoms with Crippen molar-refractivity contribution in [1.82, 2.24) is 19.8 Å². The van der Waals surface area contributed by atoms with Crippen molar-refractivity contribution in [2.24, 2.45) is 0 Å². The molecule has 4 rings (SSSR count). The highest BCUT2D eigenvalue weighted by Crippen LogP contribution is 2.31. The number of aromatic amines is 1. The number of carbonyl (C=O) groups excluding carboxylic acids is 3. The van der Waals surface area contributed by atoms with Crippen molar-refractivity contribution in [3.8, 4) is 0 Å². The molecule has 3 amide bonds. The third-order valence-electron chi connectivity index (χ3n) is 5.11.